The van der Waals surface area contributed by atoms with Crippen molar-refractivity contribution in [3.63, 3.8) is 0 Å². The molecule has 0 aliphatic carbocycles. The summed E-state index contributed by atoms with van der Waals surface area (Å²) < 4.78 is 3.50. The van der Waals surface area contributed by atoms with Crippen molar-refractivity contribution in [2.45, 2.75) is 32.7 Å². The van der Waals surface area contributed by atoms with Crippen LogP contribution in [0.25, 0.3) is 11.2 Å². The largest absolute Gasteiger partial charge is 0.332 e. The van der Waals surface area contributed by atoms with Crippen molar-refractivity contribution in [3.05, 3.63) is 56.0 Å². The molecule has 0 saturated carbocycles. The molecule has 28 heavy (non-hydrogen) atoms. The number of benzene rings is 1. The molecule has 1 aromatic carbocycles. The number of carbonyl (C=O) groups is 1. The number of halogens is 1. The monoisotopic (exact) mass is 403 g/mol. The Kier molecular flexibility index (Phi) is 5.69. The number of carbonyl (C=O) groups excluding carboxylic acids is 1. The van der Waals surface area contributed by atoms with Gasteiger partial charge in [-0.2, -0.15) is 4.98 Å². The predicted octanol–water partition coefficient (Wildman–Crippen LogP) is 2.07. The van der Waals surface area contributed by atoms with Crippen molar-refractivity contribution in [1.82, 2.24) is 18.7 Å². The van der Waals surface area contributed by atoms with Crippen LogP contribution in [0.15, 0.2) is 33.9 Å². The molecule has 0 saturated heterocycles. The van der Waals surface area contributed by atoms with Crippen LogP contribution >= 0.6 is 11.6 Å². The summed E-state index contributed by atoms with van der Waals surface area (Å²) in [6, 6.07) is 7.66. The van der Waals surface area contributed by atoms with Crippen molar-refractivity contribution < 1.29 is 4.79 Å². The number of amides is 1. The molecule has 0 aliphatic heterocycles. The van der Waals surface area contributed by atoms with Gasteiger partial charge in [-0.05, 0) is 42.1 Å². The zero-order chi connectivity index (χ0) is 20.4. The first-order chi connectivity index (χ1) is 13.3. The number of hydrogen-bond donors (Lipinski definition) is 1. The summed E-state index contributed by atoms with van der Waals surface area (Å²) in [6.45, 7) is 1.95. The Hall–Kier alpha value is -2.87. The Balaban J connectivity index is 1.85. The molecular weight excluding hydrogens is 382 g/mol. The van der Waals surface area contributed by atoms with Gasteiger partial charge < -0.3 is 5.32 Å². The molecule has 0 bridgehead atoms. The lowest BCUT2D eigenvalue weighted by Gasteiger charge is -2.09. The summed E-state index contributed by atoms with van der Waals surface area (Å²) in [5, 5.41) is 2.76. The Bertz CT molecular complexity index is 1140. The summed E-state index contributed by atoms with van der Waals surface area (Å²) in [7, 11) is 2.87. The normalized spacial score (nSPS) is 11.1. The standard InChI is InChI=1S/C19H22ClN5O3/c1-4-5-6-12-7-9-13(10-8-12)21-14(26)11-25-15-16(22-18(25)20)23(2)19(28)24(3)17(15)27/h7-10H,4-6,11H2,1-3H3,(H,21,26). The molecular formula is C19H22ClN5O3. The summed E-state index contributed by atoms with van der Waals surface area (Å²) in [5.74, 6) is -0.349. The highest BCUT2D eigenvalue weighted by atomic mass is 35.5. The third-order valence-corrected chi connectivity index (χ3v) is 4.95. The highest BCUT2D eigenvalue weighted by Crippen LogP contribution is 2.16. The fraction of sp³-hybridized carbons (Fsp3) is 0.368. The zero-order valence-electron chi connectivity index (χ0n) is 16.0. The van der Waals surface area contributed by atoms with Crippen LogP contribution in [0.2, 0.25) is 5.28 Å². The molecule has 148 valence electrons. The van der Waals surface area contributed by atoms with Crippen LogP contribution in [0.1, 0.15) is 25.3 Å². The summed E-state index contributed by atoms with van der Waals surface area (Å²) >= 11 is 6.14. The molecule has 3 aromatic rings. The van der Waals surface area contributed by atoms with E-state index >= 15 is 0 Å². The van der Waals surface area contributed by atoms with Crippen molar-refractivity contribution in [2.75, 3.05) is 5.32 Å². The van der Waals surface area contributed by atoms with E-state index in [1.165, 1.54) is 28.8 Å². The summed E-state index contributed by atoms with van der Waals surface area (Å²) in [6.07, 6.45) is 3.25. The van der Waals surface area contributed by atoms with E-state index in [1.54, 1.807) is 0 Å². The molecule has 3 rings (SSSR count). The molecule has 1 amide bonds. The number of anilines is 1. The Morgan fingerprint density at radius 3 is 2.46 bits per heavy atom. The van der Waals surface area contributed by atoms with Crippen LogP contribution in [0.4, 0.5) is 5.69 Å². The molecule has 9 heteroatoms. The van der Waals surface area contributed by atoms with Gasteiger partial charge in [0.15, 0.2) is 11.2 Å². The van der Waals surface area contributed by atoms with E-state index in [4.69, 9.17) is 11.6 Å². The van der Waals surface area contributed by atoms with Crippen LogP contribution in [0.5, 0.6) is 0 Å². The molecule has 0 aliphatic rings. The molecule has 0 spiro atoms. The summed E-state index contributed by atoms with van der Waals surface area (Å²) in [4.78, 5) is 41.1. The van der Waals surface area contributed by atoms with Crippen molar-refractivity contribution in [3.8, 4) is 0 Å². The second-order valence-corrected chi connectivity index (χ2v) is 7.03. The van der Waals surface area contributed by atoms with Crippen LogP contribution in [-0.2, 0) is 31.9 Å². The molecule has 2 aromatic heterocycles. The molecule has 0 atom stereocenters. The van der Waals surface area contributed by atoms with Gasteiger partial charge in [-0.15, -0.1) is 0 Å². The molecule has 1 N–H and O–H groups in total. The van der Waals surface area contributed by atoms with Gasteiger partial charge >= 0.3 is 5.69 Å². The Morgan fingerprint density at radius 2 is 1.82 bits per heavy atom. The minimum absolute atomic E-state index is 0.0293. The molecule has 0 radical (unpaired) electrons. The topological polar surface area (TPSA) is 90.9 Å². The van der Waals surface area contributed by atoms with Gasteiger partial charge in [-0.1, -0.05) is 25.5 Å². The second kappa shape index (κ2) is 8.02. The van der Waals surface area contributed by atoms with E-state index in [0.717, 1.165) is 23.8 Å². The SMILES string of the molecule is CCCCc1ccc(NC(=O)Cn2c(Cl)nc3c2c(=O)n(C)c(=O)n3C)cc1. The van der Waals surface area contributed by atoms with E-state index < -0.39 is 11.2 Å². The van der Waals surface area contributed by atoms with Crippen molar-refractivity contribution in [1.29, 1.82) is 0 Å². The number of fused-ring (bicyclic) bond motifs is 1. The number of unbranched alkanes of at least 4 members (excludes halogenated alkanes) is 1. The van der Waals surface area contributed by atoms with Gasteiger partial charge in [0.05, 0.1) is 0 Å². The van der Waals surface area contributed by atoms with Crippen LogP contribution in [0.3, 0.4) is 0 Å². The second-order valence-electron chi connectivity index (χ2n) is 6.69. The number of hydrogen-bond acceptors (Lipinski definition) is 4. The van der Waals surface area contributed by atoms with E-state index in [9.17, 15) is 14.4 Å². The van der Waals surface area contributed by atoms with Gasteiger partial charge in [0.25, 0.3) is 5.56 Å². The lowest BCUT2D eigenvalue weighted by Crippen LogP contribution is -2.37. The molecule has 0 fully saturated rings. The van der Waals surface area contributed by atoms with Gasteiger partial charge in [-0.25, -0.2) is 4.79 Å². The predicted molar refractivity (Wildman–Crippen MR) is 109 cm³/mol. The fourth-order valence-corrected chi connectivity index (χ4v) is 3.27. The van der Waals surface area contributed by atoms with E-state index in [-0.39, 0.29) is 28.9 Å². The smallest absolute Gasteiger partial charge is 0.325 e. The zero-order valence-corrected chi connectivity index (χ0v) is 16.8. The van der Waals surface area contributed by atoms with Crippen LogP contribution < -0.4 is 16.6 Å². The fourth-order valence-electron chi connectivity index (χ4n) is 3.04. The summed E-state index contributed by atoms with van der Waals surface area (Å²) in [5.41, 5.74) is 1.07. The van der Waals surface area contributed by atoms with Gasteiger partial charge in [-0.3, -0.25) is 23.3 Å². The van der Waals surface area contributed by atoms with Crippen molar-refractivity contribution >= 4 is 34.4 Å². The first-order valence-corrected chi connectivity index (χ1v) is 9.41. The van der Waals surface area contributed by atoms with E-state index in [0.29, 0.717) is 5.69 Å². The van der Waals surface area contributed by atoms with E-state index in [2.05, 4.69) is 17.2 Å². The Morgan fingerprint density at radius 1 is 1.14 bits per heavy atom. The molecule has 0 unspecified atom stereocenters. The minimum atomic E-state index is -0.550. The highest BCUT2D eigenvalue weighted by molar-refractivity contribution is 6.29. The first-order valence-electron chi connectivity index (χ1n) is 9.04. The minimum Gasteiger partial charge on any atom is -0.325 e. The Labute approximate surface area is 166 Å². The third-order valence-electron chi connectivity index (χ3n) is 4.66. The van der Waals surface area contributed by atoms with Crippen LogP contribution in [0, 0.1) is 0 Å². The number of aryl methyl sites for hydroxylation is 2. The number of nitrogens with one attached hydrogen (secondary N) is 1. The lowest BCUT2D eigenvalue weighted by molar-refractivity contribution is -0.116. The highest BCUT2D eigenvalue weighted by Gasteiger charge is 2.19. The quantitative estimate of drug-likeness (QED) is 0.638. The lowest BCUT2D eigenvalue weighted by atomic mass is 10.1. The van der Waals surface area contributed by atoms with Crippen molar-refractivity contribution in [2.24, 2.45) is 14.1 Å². The number of imidazole rings is 1. The maximum atomic E-state index is 12.5. The average Bonchev–Trinajstić information content (AvgIpc) is 3.00. The third kappa shape index (κ3) is 3.73. The number of aromatic nitrogens is 4. The average molecular weight is 404 g/mol. The van der Waals surface area contributed by atoms with Gasteiger partial charge in [0.2, 0.25) is 11.2 Å². The van der Waals surface area contributed by atoms with E-state index in [1.807, 2.05) is 24.3 Å². The molecule has 2 heterocycles. The number of rotatable bonds is 6. The van der Waals surface area contributed by atoms with Crippen LogP contribution in [-0.4, -0.2) is 24.6 Å². The maximum absolute atomic E-state index is 12.5. The van der Waals surface area contributed by atoms with Gasteiger partial charge in [0.1, 0.15) is 6.54 Å². The molecule has 8 nitrogen and oxygen atoms in total. The first kappa shape index (κ1) is 19.9. The van der Waals surface area contributed by atoms with Gasteiger partial charge in [0, 0.05) is 19.8 Å². The number of nitrogens with zero attached hydrogens (tertiary/aromatic N) is 4. The maximum Gasteiger partial charge on any atom is 0.332 e.